The Morgan fingerprint density at radius 1 is 1.24 bits per heavy atom. The van der Waals surface area contributed by atoms with E-state index in [1.165, 1.54) is 11.3 Å². The zero-order valence-corrected chi connectivity index (χ0v) is 11.8. The van der Waals surface area contributed by atoms with Crippen LogP contribution in [0.5, 0.6) is 0 Å². The van der Waals surface area contributed by atoms with Crippen LogP contribution >= 0.6 is 15.9 Å². The first-order valence-corrected chi connectivity index (χ1v) is 6.64. The Labute approximate surface area is 111 Å². The molecule has 0 aliphatic carbocycles. The summed E-state index contributed by atoms with van der Waals surface area (Å²) in [6.45, 7) is 7.19. The minimum atomic E-state index is 0.176. The summed E-state index contributed by atoms with van der Waals surface area (Å²) in [5.41, 5.74) is 2.47. The van der Waals surface area contributed by atoms with Crippen molar-refractivity contribution in [3.63, 3.8) is 0 Å². The van der Waals surface area contributed by atoms with Gasteiger partial charge in [0, 0.05) is 43.3 Å². The van der Waals surface area contributed by atoms with Gasteiger partial charge < -0.3 is 9.80 Å². The van der Waals surface area contributed by atoms with Gasteiger partial charge in [-0.3, -0.25) is 4.79 Å². The third-order valence-corrected chi connectivity index (χ3v) is 4.10. The summed E-state index contributed by atoms with van der Waals surface area (Å²) in [5.74, 6) is 0.176. The number of rotatable bonds is 1. The molecule has 1 fully saturated rings. The van der Waals surface area contributed by atoms with Crippen molar-refractivity contribution in [1.29, 1.82) is 0 Å². The molecule has 1 aromatic rings. The Bertz CT molecular complexity index is 425. The topological polar surface area (TPSA) is 23.6 Å². The van der Waals surface area contributed by atoms with Gasteiger partial charge in [-0.15, -0.1) is 0 Å². The first kappa shape index (κ1) is 12.4. The molecule has 0 atom stereocenters. The van der Waals surface area contributed by atoms with Crippen molar-refractivity contribution >= 4 is 27.5 Å². The van der Waals surface area contributed by atoms with Crippen LogP contribution in [-0.4, -0.2) is 37.0 Å². The zero-order chi connectivity index (χ0) is 12.4. The van der Waals surface area contributed by atoms with E-state index in [-0.39, 0.29) is 5.91 Å². The molecule has 0 aromatic heterocycles. The summed E-state index contributed by atoms with van der Waals surface area (Å²) in [6.07, 6.45) is 0. The number of benzene rings is 1. The highest BCUT2D eigenvalue weighted by atomic mass is 79.9. The number of anilines is 1. The van der Waals surface area contributed by atoms with Crippen molar-refractivity contribution in [2.24, 2.45) is 0 Å². The molecule has 1 aliphatic heterocycles. The minimum absolute atomic E-state index is 0.176. The summed E-state index contributed by atoms with van der Waals surface area (Å²) >= 11 is 3.56. The van der Waals surface area contributed by atoms with Gasteiger partial charge in [0.2, 0.25) is 5.91 Å². The highest BCUT2D eigenvalue weighted by molar-refractivity contribution is 9.10. The van der Waals surface area contributed by atoms with Gasteiger partial charge in [0.1, 0.15) is 0 Å². The lowest BCUT2D eigenvalue weighted by Gasteiger charge is -2.35. The van der Waals surface area contributed by atoms with E-state index in [0.29, 0.717) is 0 Å². The van der Waals surface area contributed by atoms with Gasteiger partial charge >= 0.3 is 0 Å². The molecule has 0 unspecified atom stereocenters. The molecule has 2 rings (SSSR count). The third-order valence-electron chi connectivity index (χ3n) is 3.25. The molecule has 0 N–H and O–H groups in total. The monoisotopic (exact) mass is 296 g/mol. The Balaban J connectivity index is 2.05. The van der Waals surface area contributed by atoms with Crippen molar-refractivity contribution in [3.8, 4) is 0 Å². The molecule has 3 nitrogen and oxygen atoms in total. The molecule has 0 saturated carbocycles. The first-order chi connectivity index (χ1) is 8.08. The van der Waals surface area contributed by atoms with Crippen LogP contribution in [0, 0.1) is 6.92 Å². The maximum Gasteiger partial charge on any atom is 0.219 e. The highest BCUT2D eigenvalue weighted by Gasteiger charge is 2.18. The SMILES string of the molecule is CC(=O)N1CCN(c2ccc(C)c(Br)c2)CC1. The zero-order valence-electron chi connectivity index (χ0n) is 10.2. The van der Waals surface area contributed by atoms with Crippen LogP contribution in [0.25, 0.3) is 0 Å². The average molecular weight is 297 g/mol. The predicted octanol–water partition coefficient (Wildman–Crippen LogP) is 2.43. The fourth-order valence-corrected chi connectivity index (χ4v) is 2.42. The quantitative estimate of drug-likeness (QED) is 0.795. The largest absolute Gasteiger partial charge is 0.368 e. The van der Waals surface area contributed by atoms with E-state index in [9.17, 15) is 4.79 Å². The molecule has 1 heterocycles. The van der Waals surface area contributed by atoms with Gasteiger partial charge in [0.25, 0.3) is 0 Å². The second kappa shape index (κ2) is 5.08. The lowest BCUT2D eigenvalue weighted by atomic mass is 10.2. The van der Waals surface area contributed by atoms with E-state index in [1.54, 1.807) is 6.92 Å². The van der Waals surface area contributed by atoms with Crippen LogP contribution in [0.2, 0.25) is 0 Å². The van der Waals surface area contributed by atoms with Crippen LogP contribution in [0.1, 0.15) is 12.5 Å². The molecule has 1 aromatic carbocycles. The number of aryl methyl sites for hydroxylation is 1. The molecule has 0 spiro atoms. The summed E-state index contributed by atoms with van der Waals surface area (Å²) in [7, 11) is 0. The van der Waals surface area contributed by atoms with E-state index in [4.69, 9.17) is 0 Å². The van der Waals surface area contributed by atoms with E-state index < -0.39 is 0 Å². The van der Waals surface area contributed by atoms with Crippen molar-refractivity contribution < 1.29 is 4.79 Å². The molecule has 17 heavy (non-hydrogen) atoms. The first-order valence-electron chi connectivity index (χ1n) is 5.84. The maximum absolute atomic E-state index is 11.2. The standard InChI is InChI=1S/C13H17BrN2O/c1-10-3-4-12(9-13(10)14)16-7-5-15(6-8-16)11(2)17/h3-4,9H,5-8H2,1-2H3. The summed E-state index contributed by atoms with van der Waals surface area (Å²) in [6, 6.07) is 6.42. The summed E-state index contributed by atoms with van der Waals surface area (Å²) < 4.78 is 1.14. The van der Waals surface area contributed by atoms with Crippen LogP contribution in [0.4, 0.5) is 5.69 Å². The number of carbonyl (C=O) groups is 1. The summed E-state index contributed by atoms with van der Waals surface area (Å²) in [5, 5.41) is 0. The number of carbonyl (C=O) groups excluding carboxylic acids is 1. The molecule has 1 saturated heterocycles. The molecule has 0 bridgehead atoms. The summed E-state index contributed by atoms with van der Waals surface area (Å²) in [4.78, 5) is 15.5. The second-order valence-corrected chi connectivity index (χ2v) is 5.28. The van der Waals surface area contributed by atoms with E-state index in [0.717, 1.165) is 30.7 Å². The predicted molar refractivity (Wildman–Crippen MR) is 73.3 cm³/mol. The van der Waals surface area contributed by atoms with E-state index in [2.05, 4.69) is 46.0 Å². The minimum Gasteiger partial charge on any atom is -0.368 e. The number of hydrogen-bond acceptors (Lipinski definition) is 2. The molecule has 92 valence electrons. The van der Waals surface area contributed by atoms with E-state index >= 15 is 0 Å². The van der Waals surface area contributed by atoms with Crippen LogP contribution in [0.3, 0.4) is 0 Å². The molecular weight excluding hydrogens is 280 g/mol. The number of nitrogens with zero attached hydrogens (tertiary/aromatic N) is 2. The van der Waals surface area contributed by atoms with Gasteiger partial charge in [0.15, 0.2) is 0 Å². The molecule has 4 heteroatoms. The molecular formula is C13H17BrN2O. The van der Waals surface area contributed by atoms with Gasteiger partial charge in [-0.2, -0.15) is 0 Å². The Morgan fingerprint density at radius 3 is 2.41 bits per heavy atom. The van der Waals surface area contributed by atoms with Crippen LogP contribution in [-0.2, 0) is 4.79 Å². The fourth-order valence-electron chi connectivity index (χ4n) is 2.06. The van der Waals surface area contributed by atoms with Crippen molar-refractivity contribution in [1.82, 2.24) is 4.90 Å². The van der Waals surface area contributed by atoms with Crippen molar-refractivity contribution in [2.45, 2.75) is 13.8 Å². The lowest BCUT2D eigenvalue weighted by molar-refractivity contribution is -0.129. The van der Waals surface area contributed by atoms with Gasteiger partial charge in [-0.1, -0.05) is 22.0 Å². The van der Waals surface area contributed by atoms with Gasteiger partial charge in [-0.05, 0) is 24.6 Å². The second-order valence-electron chi connectivity index (χ2n) is 4.43. The Morgan fingerprint density at radius 2 is 1.88 bits per heavy atom. The van der Waals surface area contributed by atoms with Gasteiger partial charge in [0.05, 0.1) is 0 Å². The molecule has 0 radical (unpaired) electrons. The smallest absolute Gasteiger partial charge is 0.219 e. The normalized spacial score (nSPS) is 16.2. The number of amides is 1. The van der Waals surface area contributed by atoms with Crippen LogP contribution < -0.4 is 4.90 Å². The van der Waals surface area contributed by atoms with Crippen molar-refractivity contribution in [3.05, 3.63) is 28.2 Å². The maximum atomic E-state index is 11.2. The Hall–Kier alpha value is -1.03. The average Bonchev–Trinajstić information content (AvgIpc) is 2.33. The van der Waals surface area contributed by atoms with E-state index in [1.807, 2.05) is 4.90 Å². The van der Waals surface area contributed by atoms with Crippen molar-refractivity contribution in [2.75, 3.05) is 31.1 Å². The van der Waals surface area contributed by atoms with Crippen LogP contribution in [0.15, 0.2) is 22.7 Å². The number of halogens is 1. The highest BCUT2D eigenvalue weighted by Crippen LogP contribution is 2.24. The molecule has 1 aliphatic rings. The fraction of sp³-hybridized carbons (Fsp3) is 0.462. The Kier molecular flexibility index (Phi) is 3.72. The third kappa shape index (κ3) is 2.80. The number of piperazine rings is 1. The molecule has 1 amide bonds. The number of hydrogen-bond donors (Lipinski definition) is 0. The van der Waals surface area contributed by atoms with Gasteiger partial charge in [-0.25, -0.2) is 0 Å². The lowest BCUT2D eigenvalue weighted by Crippen LogP contribution is -2.48.